The molecule has 0 saturated heterocycles. The van der Waals surface area contributed by atoms with Crippen molar-refractivity contribution >= 4 is 10.8 Å². The predicted octanol–water partition coefficient (Wildman–Crippen LogP) is 13.3. The zero-order valence-electron chi connectivity index (χ0n) is 30.0. The number of hydrogen-bond acceptors (Lipinski definition) is 1. The first kappa shape index (κ1) is 30.5. The van der Waals surface area contributed by atoms with E-state index in [9.17, 15) is 0 Å². The summed E-state index contributed by atoms with van der Waals surface area (Å²) in [6.45, 7) is 0. The number of rotatable bonds is 3. The van der Waals surface area contributed by atoms with Gasteiger partial charge in [0.1, 0.15) is 11.5 Å². The van der Waals surface area contributed by atoms with Gasteiger partial charge in [-0.1, -0.05) is 182 Å². The van der Waals surface area contributed by atoms with Gasteiger partial charge in [0, 0.05) is 11.1 Å². The molecule has 55 heavy (non-hydrogen) atoms. The van der Waals surface area contributed by atoms with Gasteiger partial charge in [0.15, 0.2) is 0 Å². The summed E-state index contributed by atoms with van der Waals surface area (Å²) >= 11 is 0. The molecule has 0 N–H and O–H groups in total. The molecule has 0 aromatic heterocycles. The lowest BCUT2D eigenvalue weighted by Crippen LogP contribution is -2.32. The third-order valence-corrected chi connectivity index (χ3v) is 12.6. The highest BCUT2D eigenvalue weighted by Gasteiger charge is 2.52. The molecule has 0 atom stereocenters. The van der Waals surface area contributed by atoms with Crippen LogP contribution in [0.4, 0.5) is 0 Å². The summed E-state index contributed by atoms with van der Waals surface area (Å²) in [7, 11) is 0. The highest BCUT2D eigenvalue weighted by molar-refractivity contribution is 5.98. The van der Waals surface area contributed by atoms with Crippen LogP contribution in [0.15, 0.2) is 206 Å². The van der Waals surface area contributed by atoms with Gasteiger partial charge >= 0.3 is 0 Å². The average Bonchev–Trinajstić information content (AvgIpc) is 3.72. The fourth-order valence-corrected chi connectivity index (χ4v) is 10.5. The molecule has 0 bridgehead atoms. The number of fused-ring (bicyclic) bond motifs is 14. The van der Waals surface area contributed by atoms with E-state index in [2.05, 4.69) is 206 Å². The van der Waals surface area contributed by atoms with Gasteiger partial charge in [-0.3, -0.25) is 0 Å². The second-order valence-corrected chi connectivity index (χ2v) is 15.1. The Labute approximate surface area is 320 Å². The summed E-state index contributed by atoms with van der Waals surface area (Å²) in [6.07, 6.45) is 0. The lowest BCUT2D eigenvalue weighted by atomic mass is 9.64. The molecule has 12 rings (SSSR count). The summed E-state index contributed by atoms with van der Waals surface area (Å²) in [6, 6.07) is 76.2. The fourth-order valence-electron chi connectivity index (χ4n) is 10.5. The third-order valence-electron chi connectivity index (χ3n) is 12.6. The SMILES string of the molecule is c1ccc(C2(c3ccccc3)c3ccccc3-c3cc(-c4ccc5c(c4)C4(c6ccccc6-c6ccccc64)c4c(ccc6ccccc46)O5)ccc32)cc1. The zero-order chi connectivity index (χ0) is 36.1. The molecular weight excluding hydrogens is 665 g/mol. The van der Waals surface area contributed by atoms with Gasteiger partial charge in [0.25, 0.3) is 0 Å². The Balaban J connectivity index is 1.13. The van der Waals surface area contributed by atoms with E-state index in [4.69, 9.17) is 4.74 Å². The van der Waals surface area contributed by atoms with Crippen LogP contribution in [0.25, 0.3) is 44.2 Å². The molecule has 1 heteroatoms. The van der Waals surface area contributed by atoms with E-state index < -0.39 is 10.8 Å². The van der Waals surface area contributed by atoms with Crippen molar-refractivity contribution < 1.29 is 4.74 Å². The van der Waals surface area contributed by atoms with Gasteiger partial charge in [-0.25, -0.2) is 0 Å². The monoisotopic (exact) mass is 698 g/mol. The Hall–Kier alpha value is -6.96. The van der Waals surface area contributed by atoms with Crippen molar-refractivity contribution in [3.8, 4) is 44.9 Å². The lowest BCUT2D eigenvalue weighted by molar-refractivity contribution is 0.438. The van der Waals surface area contributed by atoms with Gasteiger partial charge < -0.3 is 4.74 Å². The molecule has 2 aliphatic carbocycles. The molecule has 3 aliphatic rings. The van der Waals surface area contributed by atoms with E-state index >= 15 is 0 Å². The summed E-state index contributed by atoms with van der Waals surface area (Å²) in [5.74, 6) is 1.81. The third kappa shape index (κ3) is 3.92. The summed E-state index contributed by atoms with van der Waals surface area (Å²) < 4.78 is 6.94. The van der Waals surface area contributed by atoms with E-state index in [0.717, 1.165) is 11.5 Å². The maximum Gasteiger partial charge on any atom is 0.132 e. The standard InChI is InChI=1S/C54H34O/c1-3-16-38(17-4-1)53(39-18-5-2-6-19-39)45-24-12-11-23-43(45)44-33-36(27-30-48(44)53)37-29-31-50-49(34-37)54(52-40-20-8-7-15-35(40)28-32-51(52)55-50)46-25-13-9-21-41(46)42-22-10-14-26-47(42)54/h1-34H. The quantitative estimate of drug-likeness (QED) is 0.178. The highest BCUT2D eigenvalue weighted by atomic mass is 16.5. The first-order valence-corrected chi connectivity index (χ1v) is 19.2. The Morgan fingerprint density at radius 2 is 0.800 bits per heavy atom. The van der Waals surface area contributed by atoms with E-state index in [1.54, 1.807) is 0 Å². The maximum absolute atomic E-state index is 6.94. The minimum absolute atomic E-state index is 0.428. The molecule has 1 aliphatic heterocycles. The molecule has 0 radical (unpaired) electrons. The Kier molecular flexibility index (Phi) is 6.25. The van der Waals surface area contributed by atoms with Gasteiger partial charge in [0.2, 0.25) is 0 Å². The second-order valence-electron chi connectivity index (χ2n) is 15.1. The Morgan fingerprint density at radius 3 is 1.47 bits per heavy atom. The molecule has 0 saturated carbocycles. The Bertz CT molecular complexity index is 2930. The van der Waals surface area contributed by atoms with Gasteiger partial charge in [-0.2, -0.15) is 0 Å². The summed E-state index contributed by atoms with van der Waals surface area (Å²) in [4.78, 5) is 0. The molecule has 0 unspecified atom stereocenters. The molecule has 1 spiro atoms. The van der Waals surface area contributed by atoms with Crippen molar-refractivity contribution in [2.24, 2.45) is 0 Å². The molecule has 0 amide bonds. The highest BCUT2D eigenvalue weighted by Crippen LogP contribution is 2.64. The van der Waals surface area contributed by atoms with Crippen LogP contribution in [-0.2, 0) is 10.8 Å². The first-order valence-electron chi connectivity index (χ1n) is 19.2. The topological polar surface area (TPSA) is 9.23 Å². The largest absolute Gasteiger partial charge is 0.457 e. The van der Waals surface area contributed by atoms with Crippen LogP contribution >= 0.6 is 0 Å². The van der Waals surface area contributed by atoms with Gasteiger partial charge in [-0.05, 0) is 102 Å². The number of ether oxygens (including phenoxy) is 1. The van der Waals surface area contributed by atoms with Crippen molar-refractivity contribution in [2.75, 3.05) is 0 Å². The van der Waals surface area contributed by atoms with Crippen LogP contribution in [0.1, 0.15) is 44.5 Å². The van der Waals surface area contributed by atoms with Crippen LogP contribution in [-0.4, -0.2) is 0 Å². The van der Waals surface area contributed by atoms with Crippen molar-refractivity contribution in [1.82, 2.24) is 0 Å². The van der Waals surface area contributed by atoms with E-state index in [-0.39, 0.29) is 0 Å². The lowest BCUT2D eigenvalue weighted by Gasteiger charge is -2.40. The molecular formula is C54H34O. The van der Waals surface area contributed by atoms with Crippen LogP contribution in [0, 0.1) is 0 Å². The van der Waals surface area contributed by atoms with Crippen molar-refractivity contribution in [3.63, 3.8) is 0 Å². The number of hydrogen-bond donors (Lipinski definition) is 0. The zero-order valence-corrected chi connectivity index (χ0v) is 30.0. The van der Waals surface area contributed by atoms with Crippen LogP contribution in [0.5, 0.6) is 11.5 Å². The van der Waals surface area contributed by atoms with Gasteiger partial charge in [-0.15, -0.1) is 0 Å². The minimum Gasteiger partial charge on any atom is -0.457 e. The normalized spacial score (nSPS) is 14.6. The summed E-state index contributed by atoms with van der Waals surface area (Å²) in [5.41, 5.74) is 16.7. The maximum atomic E-state index is 6.94. The number of benzene rings is 9. The van der Waals surface area contributed by atoms with E-state index in [1.807, 2.05) is 0 Å². The second kappa shape index (κ2) is 11.3. The molecule has 9 aromatic carbocycles. The van der Waals surface area contributed by atoms with E-state index in [1.165, 1.54) is 88.7 Å². The Morgan fingerprint density at radius 1 is 0.309 bits per heavy atom. The molecule has 0 fully saturated rings. The smallest absolute Gasteiger partial charge is 0.132 e. The van der Waals surface area contributed by atoms with Crippen LogP contribution < -0.4 is 4.74 Å². The minimum atomic E-state index is -0.563. The van der Waals surface area contributed by atoms with Crippen LogP contribution in [0.2, 0.25) is 0 Å². The summed E-state index contributed by atoms with van der Waals surface area (Å²) in [5, 5.41) is 2.43. The van der Waals surface area contributed by atoms with E-state index in [0.29, 0.717) is 0 Å². The average molecular weight is 699 g/mol. The molecule has 256 valence electrons. The molecule has 9 aromatic rings. The van der Waals surface area contributed by atoms with Crippen LogP contribution in [0.3, 0.4) is 0 Å². The fraction of sp³-hybridized carbons (Fsp3) is 0.0370. The van der Waals surface area contributed by atoms with Crippen molar-refractivity contribution in [3.05, 3.63) is 251 Å². The van der Waals surface area contributed by atoms with Crippen molar-refractivity contribution in [1.29, 1.82) is 0 Å². The molecule has 1 heterocycles. The molecule has 1 nitrogen and oxygen atoms in total. The predicted molar refractivity (Wildman–Crippen MR) is 224 cm³/mol. The first-order chi connectivity index (χ1) is 27.3. The van der Waals surface area contributed by atoms with Crippen molar-refractivity contribution in [2.45, 2.75) is 10.8 Å². The van der Waals surface area contributed by atoms with Gasteiger partial charge in [0.05, 0.1) is 10.8 Å².